The average Bonchev–Trinajstić information content (AvgIpc) is 2.61. The lowest BCUT2D eigenvalue weighted by atomic mass is 10.3. The van der Waals surface area contributed by atoms with Crippen molar-refractivity contribution in [2.24, 2.45) is 5.16 Å². The molecule has 1 heterocycles. The summed E-state index contributed by atoms with van der Waals surface area (Å²) in [7, 11) is 1.54. The predicted octanol–water partition coefficient (Wildman–Crippen LogP) is 2.67. The zero-order valence-electron chi connectivity index (χ0n) is 8.02. The van der Waals surface area contributed by atoms with Gasteiger partial charge in [0, 0.05) is 0 Å². The smallest absolute Gasteiger partial charge is 0.142 e. The quantitative estimate of drug-likeness (QED) is 0.559. The first-order chi connectivity index (χ1) is 6.81. The van der Waals surface area contributed by atoms with Crippen molar-refractivity contribution in [2.45, 2.75) is 6.92 Å². The molecule has 72 valence electrons. The molecule has 3 nitrogen and oxygen atoms in total. The van der Waals surface area contributed by atoms with Gasteiger partial charge in [0.2, 0.25) is 0 Å². The molecule has 0 unspecified atom stereocenters. The van der Waals surface area contributed by atoms with Crippen LogP contribution in [0.15, 0.2) is 29.4 Å². The van der Waals surface area contributed by atoms with Crippen molar-refractivity contribution in [2.75, 3.05) is 7.11 Å². The minimum atomic E-state index is 0.814. The third-order valence-electron chi connectivity index (χ3n) is 1.83. The Bertz CT molecular complexity index is 443. The van der Waals surface area contributed by atoms with Crippen LogP contribution in [0.5, 0.6) is 0 Å². The molecule has 2 aromatic rings. The van der Waals surface area contributed by atoms with Crippen molar-refractivity contribution < 1.29 is 4.84 Å². The van der Waals surface area contributed by atoms with Crippen molar-refractivity contribution in [3.63, 3.8) is 0 Å². The number of para-hydroxylation sites is 1. The zero-order chi connectivity index (χ0) is 9.97. The number of fused-ring (bicyclic) bond motifs is 1. The molecule has 0 amide bonds. The predicted molar refractivity (Wildman–Crippen MR) is 58.8 cm³/mol. The van der Waals surface area contributed by atoms with E-state index in [2.05, 4.69) is 16.2 Å². The number of thiazole rings is 1. The number of aromatic nitrogens is 1. The lowest BCUT2D eigenvalue weighted by Crippen LogP contribution is -1.93. The minimum Gasteiger partial charge on any atom is -0.399 e. The SMILES string of the molecule is CO/N=C(\C)c1nc2ccccc2s1. The monoisotopic (exact) mass is 206 g/mol. The van der Waals surface area contributed by atoms with Gasteiger partial charge >= 0.3 is 0 Å². The lowest BCUT2D eigenvalue weighted by molar-refractivity contribution is 0.213. The summed E-state index contributed by atoms with van der Waals surface area (Å²) in [5, 5.41) is 4.76. The molecule has 1 aromatic heterocycles. The molecule has 0 saturated carbocycles. The highest BCUT2D eigenvalue weighted by Crippen LogP contribution is 2.21. The maximum absolute atomic E-state index is 4.71. The van der Waals surface area contributed by atoms with E-state index in [0.29, 0.717) is 0 Å². The Hall–Kier alpha value is -1.42. The number of benzene rings is 1. The van der Waals surface area contributed by atoms with Crippen LogP contribution in [0.3, 0.4) is 0 Å². The normalized spacial score (nSPS) is 12.0. The van der Waals surface area contributed by atoms with Crippen molar-refractivity contribution in [1.82, 2.24) is 4.98 Å². The molecule has 0 spiro atoms. The molecule has 0 N–H and O–H groups in total. The van der Waals surface area contributed by atoms with Crippen LogP contribution >= 0.6 is 11.3 Å². The Balaban J connectivity index is 2.50. The third kappa shape index (κ3) is 1.61. The second-order valence-electron chi connectivity index (χ2n) is 2.85. The molecule has 0 saturated heterocycles. The van der Waals surface area contributed by atoms with Gasteiger partial charge in [0.05, 0.1) is 10.2 Å². The minimum absolute atomic E-state index is 0.814. The third-order valence-corrected chi connectivity index (χ3v) is 2.98. The van der Waals surface area contributed by atoms with E-state index in [0.717, 1.165) is 16.2 Å². The molecule has 0 atom stereocenters. The van der Waals surface area contributed by atoms with E-state index in [1.54, 1.807) is 11.3 Å². The van der Waals surface area contributed by atoms with E-state index in [1.807, 2.05) is 25.1 Å². The summed E-state index contributed by atoms with van der Waals surface area (Å²) in [6.45, 7) is 1.89. The summed E-state index contributed by atoms with van der Waals surface area (Å²) in [6, 6.07) is 8.04. The first-order valence-corrected chi connectivity index (χ1v) is 5.06. The summed E-state index contributed by atoms with van der Waals surface area (Å²) < 4.78 is 1.17. The fraction of sp³-hybridized carbons (Fsp3) is 0.200. The van der Waals surface area contributed by atoms with Crippen LogP contribution in [0.2, 0.25) is 0 Å². The van der Waals surface area contributed by atoms with E-state index in [4.69, 9.17) is 4.84 Å². The molecule has 0 fully saturated rings. The summed E-state index contributed by atoms with van der Waals surface area (Å²) in [5.41, 5.74) is 1.83. The highest BCUT2D eigenvalue weighted by atomic mass is 32.1. The van der Waals surface area contributed by atoms with Gasteiger partial charge in [-0.1, -0.05) is 17.3 Å². The molecule has 0 radical (unpaired) electrons. The van der Waals surface area contributed by atoms with Gasteiger partial charge in [0.25, 0.3) is 0 Å². The first-order valence-electron chi connectivity index (χ1n) is 4.25. The maximum atomic E-state index is 4.71. The number of oxime groups is 1. The molecule has 14 heavy (non-hydrogen) atoms. The van der Waals surface area contributed by atoms with Crippen molar-refractivity contribution in [1.29, 1.82) is 0 Å². The molecule has 1 aromatic carbocycles. The number of hydrogen-bond acceptors (Lipinski definition) is 4. The van der Waals surface area contributed by atoms with E-state index in [1.165, 1.54) is 11.8 Å². The second-order valence-corrected chi connectivity index (χ2v) is 3.88. The fourth-order valence-corrected chi connectivity index (χ4v) is 2.11. The van der Waals surface area contributed by atoms with E-state index in [-0.39, 0.29) is 0 Å². The Morgan fingerprint density at radius 1 is 1.43 bits per heavy atom. The standard InChI is InChI=1S/C10H10N2OS/c1-7(12-13-2)10-11-8-5-3-4-6-9(8)14-10/h3-6H,1-2H3/b12-7+. The van der Waals surface area contributed by atoms with Gasteiger partial charge < -0.3 is 4.84 Å². The van der Waals surface area contributed by atoms with Crippen molar-refractivity contribution >= 4 is 27.3 Å². The van der Waals surface area contributed by atoms with Crippen molar-refractivity contribution in [3.05, 3.63) is 29.3 Å². The molecule has 2 rings (SSSR count). The lowest BCUT2D eigenvalue weighted by Gasteiger charge is -1.91. The number of hydrogen-bond donors (Lipinski definition) is 0. The van der Waals surface area contributed by atoms with Crippen LogP contribution in [0.1, 0.15) is 11.9 Å². The maximum Gasteiger partial charge on any atom is 0.142 e. The Morgan fingerprint density at radius 3 is 2.93 bits per heavy atom. The largest absolute Gasteiger partial charge is 0.399 e. The Kier molecular flexibility index (Phi) is 2.45. The van der Waals surface area contributed by atoms with Crippen LogP contribution in [0, 0.1) is 0 Å². The first kappa shape index (κ1) is 9.15. The van der Waals surface area contributed by atoms with E-state index in [9.17, 15) is 0 Å². The van der Waals surface area contributed by atoms with Crippen LogP contribution in [-0.4, -0.2) is 17.8 Å². The van der Waals surface area contributed by atoms with Gasteiger partial charge in [-0.15, -0.1) is 11.3 Å². The highest BCUT2D eigenvalue weighted by Gasteiger charge is 2.05. The van der Waals surface area contributed by atoms with Gasteiger partial charge in [-0.3, -0.25) is 0 Å². The van der Waals surface area contributed by atoms with Gasteiger partial charge in [-0.05, 0) is 19.1 Å². The summed E-state index contributed by atoms with van der Waals surface area (Å²) >= 11 is 1.62. The molecule has 0 aliphatic heterocycles. The topological polar surface area (TPSA) is 34.5 Å². The van der Waals surface area contributed by atoms with Crippen molar-refractivity contribution in [3.8, 4) is 0 Å². The molecular formula is C10H10N2OS. The van der Waals surface area contributed by atoms with E-state index < -0.39 is 0 Å². The van der Waals surface area contributed by atoms with Gasteiger partial charge in [0.1, 0.15) is 17.8 Å². The Morgan fingerprint density at radius 2 is 2.21 bits per heavy atom. The zero-order valence-corrected chi connectivity index (χ0v) is 8.84. The van der Waals surface area contributed by atoms with Crippen LogP contribution in [0.4, 0.5) is 0 Å². The van der Waals surface area contributed by atoms with E-state index >= 15 is 0 Å². The molecule has 0 aliphatic rings. The molecule has 0 bridgehead atoms. The fourth-order valence-electron chi connectivity index (χ4n) is 1.20. The summed E-state index contributed by atoms with van der Waals surface area (Å²) in [6.07, 6.45) is 0. The average molecular weight is 206 g/mol. The summed E-state index contributed by atoms with van der Waals surface area (Å²) in [4.78, 5) is 9.15. The van der Waals surface area contributed by atoms with Gasteiger partial charge in [-0.2, -0.15) is 0 Å². The Labute approximate surface area is 86.0 Å². The second kappa shape index (κ2) is 3.75. The summed E-state index contributed by atoms with van der Waals surface area (Å²) in [5.74, 6) is 0. The van der Waals surface area contributed by atoms with Gasteiger partial charge in [0.15, 0.2) is 0 Å². The number of rotatable bonds is 2. The van der Waals surface area contributed by atoms with Crippen LogP contribution in [0.25, 0.3) is 10.2 Å². The number of nitrogens with zero attached hydrogens (tertiary/aromatic N) is 2. The van der Waals surface area contributed by atoms with Gasteiger partial charge in [-0.25, -0.2) is 4.98 Å². The van der Waals surface area contributed by atoms with Crippen LogP contribution in [-0.2, 0) is 4.84 Å². The van der Waals surface area contributed by atoms with Crippen LogP contribution < -0.4 is 0 Å². The highest BCUT2D eigenvalue weighted by molar-refractivity contribution is 7.20. The molecule has 0 aliphatic carbocycles. The molecule has 4 heteroatoms. The molecular weight excluding hydrogens is 196 g/mol.